The molecule has 1 aliphatic heterocycles. The zero-order valence-corrected chi connectivity index (χ0v) is 15.5. The highest BCUT2D eigenvalue weighted by Gasteiger charge is 2.15. The van der Waals surface area contributed by atoms with Gasteiger partial charge in [-0.1, -0.05) is 15.9 Å². The Hall–Kier alpha value is -1.55. The summed E-state index contributed by atoms with van der Waals surface area (Å²) in [5, 5.41) is 2.56. The van der Waals surface area contributed by atoms with Crippen molar-refractivity contribution in [2.45, 2.75) is 6.42 Å². The van der Waals surface area contributed by atoms with Crippen LogP contribution in [0.5, 0.6) is 0 Å². The minimum atomic E-state index is -0.341. The third kappa shape index (κ3) is 6.52. The molecule has 0 spiro atoms. The van der Waals surface area contributed by atoms with Crippen LogP contribution >= 0.6 is 28.1 Å². The lowest BCUT2D eigenvalue weighted by Gasteiger charge is -2.23. The van der Waals surface area contributed by atoms with Gasteiger partial charge >= 0.3 is 0 Å². The first-order valence-corrected chi connectivity index (χ1v) is 8.82. The SMILES string of the molecule is O=C(CC[NH+]1CCOCC1)NNC(=S)NC(=O)c1ccc(Br)cc1. The van der Waals surface area contributed by atoms with Gasteiger partial charge in [0.1, 0.15) is 13.1 Å². The highest BCUT2D eigenvalue weighted by atomic mass is 79.9. The van der Waals surface area contributed by atoms with E-state index in [-0.39, 0.29) is 16.9 Å². The van der Waals surface area contributed by atoms with Crippen molar-refractivity contribution in [1.82, 2.24) is 16.2 Å². The number of amides is 2. The van der Waals surface area contributed by atoms with Crippen LogP contribution in [0.1, 0.15) is 16.8 Å². The van der Waals surface area contributed by atoms with Gasteiger partial charge in [0.15, 0.2) is 5.11 Å². The number of hydrazine groups is 1. The van der Waals surface area contributed by atoms with Crippen molar-refractivity contribution in [2.24, 2.45) is 0 Å². The van der Waals surface area contributed by atoms with E-state index in [4.69, 9.17) is 17.0 Å². The smallest absolute Gasteiger partial charge is 0.257 e. The number of carbonyl (C=O) groups excluding carboxylic acids is 2. The molecule has 4 N–H and O–H groups in total. The quantitative estimate of drug-likeness (QED) is 0.389. The number of carbonyl (C=O) groups is 2. The molecule has 1 fully saturated rings. The van der Waals surface area contributed by atoms with Gasteiger partial charge in [0.25, 0.3) is 5.91 Å². The van der Waals surface area contributed by atoms with E-state index in [2.05, 4.69) is 32.1 Å². The average Bonchev–Trinajstić information content (AvgIpc) is 2.59. The topological polar surface area (TPSA) is 83.9 Å². The normalized spacial score (nSPS) is 14.7. The Morgan fingerprint density at radius 2 is 1.83 bits per heavy atom. The molecule has 0 bridgehead atoms. The molecule has 7 nitrogen and oxygen atoms in total. The van der Waals surface area contributed by atoms with Gasteiger partial charge in [-0.2, -0.15) is 0 Å². The molecule has 24 heavy (non-hydrogen) atoms. The predicted molar refractivity (Wildman–Crippen MR) is 96.5 cm³/mol. The van der Waals surface area contributed by atoms with Gasteiger partial charge < -0.3 is 9.64 Å². The van der Waals surface area contributed by atoms with Crippen LogP contribution in [0.25, 0.3) is 0 Å². The van der Waals surface area contributed by atoms with E-state index < -0.39 is 0 Å². The summed E-state index contributed by atoms with van der Waals surface area (Å²) in [6, 6.07) is 6.87. The van der Waals surface area contributed by atoms with Gasteiger partial charge in [-0.05, 0) is 36.5 Å². The molecule has 0 saturated carbocycles. The lowest BCUT2D eigenvalue weighted by atomic mass is 10.2. The molecular formula is C15H20BrN4O3S+. The van der Waals surface area contributed by atoms with E-state index in [0.29, 0.717) is 12.0 Å². The Labute approximate surface area is 154 Å². The van der Waals surface area contributed by atoms with Crippen molar-refractivity contribution in [3.05, 3.63) is 34.3 Å². The summed E-state index contributed by atoms with van der Waals surface area (Å²) in [6.45, 7) is 4.06. The molecule has 0 radical (unpaired) electrons. The minimum Gasteiger partial charge on any atom is -0.370 e. The van der Waals surface area contributed by atoms with Crippen LogP contribution in [-0.2, 0) is 9.53 Å². The number of halogens is 1. The number of benzene rings is 1. The average molecular weight is 416 g/mol. The van der Waals surface area contributed by atoms with E-state index in [0.717, 1.165) is 37.3 Å². The summed E-state index contributed by atoms with van der Waals surface area (Å²) in [5.74, 6) is -0.513. The molecule has 2 amide bonds. The second kappa shape index (κ2) is 9.67. The third-order valence-corrected chi connectivity index (χ3v) is 4.29. The van der Waals surface area contributed by atoms with Crippen LogP contribution < -0.4 is 21.1 Å². The summed E-state index contributed by atoms with van der Waals surface area (Å²) in [7, 11) is 0. The molecular weight excluding hydrogens is 396 g/mol. The maximum Gasteiger partial charge on any atom is 0.257 e. The van der Waals surface area contributed by atoms with Gasteiger partial charge in [0.05, 0.1) is 26.2 Å². The standard InChI is InChI=1S/C15H19BrN4O3S/c16-12-3-1-11(2-4-12)14(22)17-15(24)19-18-13(21)5-6-20-7-9-23-10-8-20/h1-4H,5-10H2,(H,18,21)(H2,17,19,22,24)/p+1. The zero-order valence-electron chi connectivity index (χ0n) is 13.1. The van der Waals surface area contributed by atoms with Crippen molar-refractivity contribution < 1.29 is 19.2 Å². The monoisotopic (exact) mass is 415 g/mol. The van der Waals surface area contributed by atoms with Crippen molar-refractivity contribution in [3.8, 4) is 0 Å². The number of rotatable bonds is 4. The first kappa shape index (κ1) is 18.8. The van der Waals surface area contributed by atoms with Gasteiger partial charge in [0.2, 0.25) is 5.91 Å². The fourth-order valence-corrected chi connectivity index (χ4v) is 2.61. The number of morpholine rings is 1. The molecule has 2 rings (SSSR count). The number of ether oxygens (including phenoxy) is 1. The van der Waals surface area contributed by atoms with Crippen molar-refractivity contribution in [3.63, 3.8) is 0 Å². The predicted octanol–water partition coefficient (Wildman–Crippen LogP) is -0.610. The molecule has 130 valence electrons. The van der Waals surface area contributed by atoms with Crippen LogP contribution in [0.4, 0.5) is 0 Å². The number of hydrogen-bond acceptors (Lipinski definition) is 4. The molecule has 1 saturated heterocycles. The van der Waals surface area contributed by atoms with Crippen LogP contribution in [0, 0.1) is 0 Å². The zero-order chi connectivity index (χ0) is 17.4. The first-order valence-electron chi connectivity index (χ1n) is 7.61. The molecule has 1 aromatic carbocycles. The number of quaternary nitrogens is 1. The fraction of sp³-hybridized carbons (Fsp3) is 0.400. The lowest BCUT2D eigenvalue weighted by Crippen LogP contribution is -3.14. The van der Waals surface area contributed by atoms with Crippen LogP contribution in [0.15, 0.2) is 28.7 Å². The number of thiocarbonyl (C=S) groups is 1. The van der Waals surface area contributed by atoms with E-state index in [1.165, 1.54) is 4.90 Å². The molecule has 9 heteroatoms. The third-order valence-electron chi connectivity index (χ3n) is 3.55. The highest BCUT2D eigenvalue weighted by Crippen LogP contribution is 2.10. The summed E-state index contributed by atoms with van der Waals surface area (Å²) in [4.78, 5) is 25.1. The molecule has 1 aliphatic rings. The number of hydrogen-bond donors (Lipinski definition) is 4. The second-order valence-electron chi connectivity index (χ2n) is 5.33. The van der Waals surface area contributed by atoms with Crippen molar-refractivity contribution >= 4 is 45.1 Å². The lowest BCUT2D eigenvalue weighted by molar-refractivity contribution is -0.907. The summed E-state index contributed by atoms with van der Waals surface area (Å²) < 4.78 is 6.16. The first-order chi connectivity index (χ1) is 11.5. The van der Waals surface area contributed by atoms with Gasteiger partial charge in [-0.3, -0.25) is 25.8 Å². The fourth-order valence-electron chi connectivity index (χ4n) is 2.20. The largest absolute Gasteiger partial charge is 0.370 e. The van der Waals surface area contributed by atoms with Crippen LogP contribution in [0.3, 0.4) is 0 Å². The molecule has 0 atom stereocenters. The van der Waals surface area contributed by atoms with E-state index in [1.807, 2.05) is 0 Å². The number of nitrogens with one attached hydrogen (secondary N) is 4. The minimum absolute atomic E-state index is 0.0509. The van der Waals surface area contributed by atoms with Crippen LogP contribution in [0.2, 0.25) is 0 Å². The van der Waals surface area contributed by atoms with Crippen LogP contribution in [-0.4, -0.2) is 49.8 Å². The van der Waals surface area contributed by atoms with E-state index >= 15 is 0 Å². The van der Waals surface area contributed by atoms with Crippen molar-refractivity contribution in [2.75, 3.05) is 32.8 Å². The molecule has 1 aromatic rings. The maximum atomic E-state index is 12.0. The Morgan fingerprint density at radius 1 is 1.17 bits per heavy atom. The Kier molecular flexibility index (Phi) is 7.57. The van der Waals surface area contributed by atoms with E-state index in [9.17, 15) is 9.59 Å². The molecule has 0 aromatic heterocycles. The molecule has 0 unspecified atom stereocenters. The second-order valence-corrected chi connectivity index (χ2v) is 6.65. The summed E-state index contributed by atoms with van der Waals surface area (Å²) in [5.41, 5.74) is 5.51. The van der Waals surface area contributed by atoms with Crippen molar-refractivity contribution in [1.29, 1.82) is 0 Å². The van der Waals surface area contributed by atoms with E-state index in [1.54, 1.807) is 24.3 Å². The maximum absolute atomic E-state index is 12.0. The molecule has 0 aliphatic carbocycles. The van der Waals surface area contributed by atoms with Gasteiger partial charge in [0, 0.05) is 10.0 Å². The Balaban J connectivity index is 1.65. The summed E-state index contributed by atoms with van der Waals surface area (Å²) >= 11 is 8.30. The highest BCUT2D eigenvalue weighted by molar-refractivity contribution is 9.10. The molecule has 1 heterocycles. The summed E-state index contributed by atoms with van der Waals surface area (Å²) in [6.07, 6.45) is 0.381. The Bertz CT molecular complexity index is 591. The Morgan fingerprint density at radius 3 is 2.50 bits per heavy atom. The van der Waals surface area contributed by atoms with Gasteiger partial charge in [-0.25, -0.2) is 0 Å². The van der Waals surface area contributed by atoms with Gasteiger partial charge in [-0.15, -0.1) is 0 Å².